The summed E-state index contributed by atoms with van der Waals surface area (Å²) >= 11 is 0. The Kier molecular flexibility index (Phi) is 4.60. The quantitative estimate of drug-likeness (QED) is 0.831. The van der Waals surface area contributed by atoms with Gasteiger partial charge < -0.3 is 4.90 Å². The fourth-order valence-corrected chi connectivity index (χ4v) is 4.83. The third kappa shape index (κ3) is 3.17. The molecule has 1 aromatic carbocycles. The highest BCUT2D eigenvalue weighted by Crippen LogP contribution is 2.30. The second-order valence-corrected chi connectivity index (χ2v) is 8.10. The number of amides is 1. The molecule has 4 rings (SSSR count). The predicted molar refractivity (Wildman–Crippen MR) is 103 cm³/mol. The molecule has 2 aromatic rings. The Morgan fingerprint density at radius 2 is 1.81 bits per heavy atom. The van der Waals surface area contributed by atoms with Gasteiger partial charge in [0.15, 0.2) is 0 Å². The van der Waals surface area contributed by atoms with Crippen molar-refractivity contribution in [3.05, 3.63) is 51.8 Å². The molecule has 0 unspecified atom stereocenters. The molecule has 0 bridgehead atoms. The molecule has 1 amide bonds. The molecule has 1 fully saturated rings. The number of benzene rings is 1. The summed E-state index contributed by atoms with van der Waals surface area (Å²) in [5.74, 6) is 0.168. The van der Waals surface area contributed by atoms with E-state index < -0.39 is 0 Å². The average molecular weight is 351 g/mol. The van der Waals surface area contributed by atoms with Crippen LogP contribution in [0.4, 0.5) is 0 Å². The third-order valence-electron chi connectivity index (χ3n) is 6.01. The molecule has 138 valence electrons. The van der Waals surface area contributed by atoms with Crippen molar-refractivity contribution >= 4 is 5.91 Å². The zero-order valence-electron chi connectivity index (χ0n) is 16.2. The van der Waals surface area contributed by atoms with Crippen molar-refractivity contribution in [3.63, 3.8) is 0 Å². The second-order valence-electron chi connectivity index (χ2n) is 8.10. The highest BCUT2D eigenvalue weighted by atomic mass is 16.2. The SMILES string of the molecule is Cc1cc(C)cc(C(=O)N(Cc2nn(C)c3c2CCC3)C2CCCC2)c1. The first-order valence-corrected chi connectivity index (χ1v) is 9.96. The Bertz CT molecular complexity index is 810. The van der Waals surface area contributed by atoms with Gasteiger partial charge in [-0.2, -0.15) is 5.10 Å². The van der Waals surface area contributed by atoms with Crippen molar-refractivity contribution in [1.29, 1.82) is 0 Å². The van der Waals surface area contributed by atoms with Gasteiger partial charge in [-0.25, -0.2) is 0 Å². The largest absolute Gasteiger partial charge is 0.330 e. The van der Waals surface area contributed by atoms with Gasteiger partial charge in [-0.1, -0.05) is 30.0 Å². The summed E-state index contributed by atoms with van der Waals surface area (Å²) in [4.78, 5) is 15.6. The van der Waals surface area contributed by atoms with Crippen LogP contribution in [-0.4, -0.2) is 26.6 Å². The van der Waals surface area contributed by atoms with Crippen LogP contribution in [0.2, 0.25) is 0 Å². The van der Waals surface area contributed by atoms with Gasteiger partial charge in [0.2, 0.25) is 0 Å². The zero-order valence-corrected chi connectivity index (χ0v) is 16.2. The van der Waals surface area contributed by atoms with Gasteiger partial charge in [-0.3, -0.25) is 9.48 Å². The smallest absolute Gasteiger partial charge is 0.254 e. The van der Waals surface area contributed by atoms with Crippen molar-refractivity contribution in [2.75, 3.05) is 0 Å². The lowest BCUT2D eigenvalue weighted by Gasteiger charge is -2.29. The predicted octanol–water partition coefficient (Wildman–Crippen LogP) is 4.11. The molecular weight excluding hydrogens is 322 g/mol. The Labute approximate surface area is 156 Å². The third-order valence-corrected chi connectivity index (χ3v) is 6.01. The Morgan fingerprint density at radius 1 is 1.12 bits per heavy atom. The fourth-order valence-electron chi connectivity index (χ4n) is 4.83. The Morgan fingerprint density at radius 3 is 2.50 bits per heavy atom. The van der Waals surface area contributed by atoms with E-state index in [1.165, 1.54) is 30.5 Å². The summed E-state index contributed by atoms with van der Waals surface area (Å²) in [5.41, 5.74) is 7.00. The summed E-state index contributed by atoms with van der Waals surface area (Å²) < 4.78 is 2.03. The highest BCUT2D eigenvalue weighted by molar-refractivity contribution is 5.94. The molecule has 0 radical (unpaired) electrons. The highest BCUT2D eigenvalue weighted by Gasteiger charge is 2.30. The van der Waals surface area contributed by atoms with Gasteiger partial charge in [0.25, 0.3) is 5.91 Å². The van der Waals surface area contributed by atoms with Crippen LogP contribution in [0.25, 0.3) is 0 Å². The standard InChI is InChI=1S/C22H29N3O/c1-15-11-16(2)13-17(12-15)22(26)25(18-7-4-5-8-18)14-20-19-9-6-10-21(19)24(3)23-20/h11-13,18H,4-10,14H2,1-3H3. The molecule has 0 atom stereocenters. The van der Waals surface area contributed by atoms with Crippen LogP contribution in [0.15, 0.2) is 18.2 Å². The maximum absolute atomic E-state index is 13.4. The van der Waals surface area contributed by atoms with Crippen LogP contribution in [0.1, 0.15) is 70.5 Å². The topological polar surface area (TPSA) is 38.1 Å². The Balaban J connectivity index is 1.66. The zero-order chi connectivity index (χ0) is 18.3. The van der Waals surface area contributed by atoms with Crippen LogP contribution >= 0.6 is 0 Å². The van der Waals surface area contributed by atoms with Crippen molar-refractivity contribution in [2.45, 2.75) is 71.4 Å². The lowest BCUT2D eigenvalue weighted by molar-refractivity contribution is 0.0660. The number of fused-ring (bicyclic) bond motifs is 1. The number of hydrogen-bond acceptors (Lipinski definition) is 2. The minimum absolute atomic E-state index is 0.168. The molecule has 4 heteroatoms. The minimum atomic E-state index is 0.168. The molecule has 1 aromatic heterocycles. The number of carbonyl (C=O) groups is 1. The van der Waals surface area contributed by atoms with Crippen molar-refractivity contribution < 1.29 is 4.79 Å². The van der Waals surface area contributed by atoms with E-state index in [4.69, 9.17) is 5.10 Å². The van der Waals surface area contributed by atoms with E-state index in [0.717, 1.165) is 48.1 Å². The molecule has 0 spiro atoms. The van der Waals surface area contributed by atoms with Crippen LogP contribution in [-0.2, 0) is 26.4 Å². The molecule has 1 saturated carbocycles. The monoisotopic (exact) mass is 351 g/mol. The van der Waals surface area contributed by atoms with E-state index in [1.807, 2.05) is 23.9 Å². The van der Waals surface area contributed by atoms with Gasteiger partial charge >= 0.3 is 0 Å². The average Bonchev–Trinajstić information content (AvgIpc) is 3.31. The molecule has 26 heavy (non-hydrogen) atoms. The fraction of sp³-hybridized carbons (Fsp3) is 0.545. The lowest BCUT2D eigenvalue weighted by Crippen LogP contribution is -2.38. The van der Waals surface area contributed by atoms with Crippen LogP contribution in [0.5, 0.6) is 0 Å². The molecule has 2 aliphatic carbocycles. The molecule has 0 saturated heterocycles. The van der Waals surface area contributed by atoms with E-state index in [0.29, 0.717) is 12.6 Å². The van der Waals surface area contributed by atoms with Crippen LogP contribution < -0.4 is 0 Å². The summed E-state index contributed by atoms with van der Waals surface area (Å²) in [7, 11) is 2.04. The minimum Gasteiger partial charge on any atom is -0.330 e. The molecular formula is C22H29N3O. The number of carbonyl (C=O) groups excluding carboxylic acids is 1. The first-order valence-electron chi connectivity index (χ1n) is 9.96. The molecule has 2 aliphatic rings. The van der Waals surface area contributed by atoms with Crippen LogP contribution in [0.3, 0.4) is 0 Å². The molecule has 4 nitrogen and oxygen atoms in total. The van der Waals surface area contributed by atoms with E-state index in [9.17, 15) is 4.79 Å². The summed E-state index contributed by atoms with van der Waals surface area (Å²) in [5, 5.41) is 4.78. The van der Waals surface area contributed by atoms with E-state index >= 15 is 0 Å². The number of nitrogens with zero attached hydrogens (tertiary/aromatic N) is 3. The first-order chi connectivity index (χ1) is 12.5. The second kappa shape index (κ2) is 6.90. The maximum atomic E-state index is 13.4. The van der Waals surface area contributed by atoms with Crippen LogP contribution in [0, 0.1) is 13.8 Å². The van der Waals surface area contributed by atoms with Gasteiger partial charge in [-0.15, -0.1) is 0 Å². The molecule has 1 heterocycles. The summed E-state index contributed by atoms with van der Waals surface area (Å²) in [6, 6.07) is 6.53. The summed E-state index contributed by atoms with van der Waals surface area (Å²) in [6.07, 6.45) is 8.12. The number of aryl methyl sites for hydroxylation is 3. The van der Waals surface area contributed by atoms with E-state index in [2.05, 4.69) is 24.8 Å². The van der Waals surface area contributed by atoms with E-state index in [-0.39, 0.29) is 5.91 Å². The van der Waals surface area contributed by atoms with Gasteiger partial charge in [0, 0.05) is 24.3 Å². The van der Waals surface area contributed by atoms with Crippen molar-refractivity contribution in [3.8, 4) is 0 Å². The van der Waals surface area contributed by atoms with Gasteiger partial charge in [-0.05, 0) is 63.6 Å². The number of hydrogen-bond donors (Lipinski definition) is 0. The molecule has 0 N–H and O–H groups in total. The number of aromatic nitrogens is 2. The van der Waals surface area contributed by atoms with E-state index in [1.54, 1.807) is 0 Å². The summed E-state index contributed by atoms with van der Waals surface area (Å²) in [6.45, 7) is 4.78. The van der Waals surface area contributed by atoms with Crippen molar-refractivity contribution in [2.24, 2.45) is 7.05 Å². The number of rotatable bonds is 4. The first kappa shape index (κ1) is 17.3. The normalized spacial score (nSPS) is 16.9. The Hall–Kier alpha value is -2.10. The van der Waals surface area contributed by atoms with Crippen molar-refractivity contribution in [1.82, 2.24) is 14.7 Å². The van der Waals surface area contributed by atoms with Gasteiger partial charge in [0.1, 0.15) is 0 Å². The lowest BCUT2D eigenvalue weighted by atomic mass is 10.0. The maximum Gasteiger partial charge on any atom is 0.254 e. The van der Waals surface area contributed by atoms with Gasteiger partial charge in [0.05, 0.1) is 12.2 Å². The molecule has 0 aliphatic heterocycles.